The largest absolute Gasteiger partial charge is 0.377 e. The van der Waals surface area contributed by atoms with Crippen LogP contribution in [0.4, 0.5) is 10.7 Å². The predicted molar refractivity (Wildman–Crippen MR) is 140 cm³/mol. The number of H-pyrrole nitrogens is 1. The molecule has 0 radical (unpaired) electrons. The second kappa shape index (κ2) is 11.0. The number of aromatic nitrogens is 5. The molecule has 2 atom stereocenters. The standard InChI is InChI=1S/C26H30N8O3/c1-4-27-26(35)33-25-31-20-11-17(10-19(23(20)32-25)24-28-8-5-9-29-24)16-6-7-18(30-12-16)13-34-14-21(36-2)22(15-34)37-3/h5-12,21-22H,4,13-15H2,1-3H3,(H3,27,31,32,33,35)/t21-,22-/m1/s1. The highest BCUT2D eigenvalue weighted by molar-refractivity contribution is 5.97. The molecule has 1 fully saturated rings. The maximum Gasteiger partial charge on any atom is 0.321 e. The summed E-state index contributed by atoms with van der Waals surface area (Å²) in [6, 6.07) is 9.50. The number of fused-ring (bicyclic) bond motifs is 1. The lowest BCUT2D eigenvalue weighted by atomic mass is 10.0. The molecule has 5 rings (SSSR count). The molecule has 4 aromatic rings. The van der Waals surface area contributed by atoms with Crippen LogP contribution in [-0.4, -0.2) is 81.9 Å². The molecule has 3 N–H and O–H groups in total. The first-order chi connectivity index (χ1) is 18.1. The van der Waals surface area contributed by atoms with E-state index in [0.717, 1.165) is 47.5 Å². The van der Waals surface area contributed by atoms with E-state index in [9.17, 15) is 4.79 Å². The molecule has 0 saturated carbocycles. The normalized spacial score (nSPS) is 17.8. The van der Waals surface area contributed by atoms with Crippen molar-refractivity contribution < 1.29 is 14.3 Å². The van der Waals surface area contributed by atoms with Gasteiger partial charge in [-0.25, -0.2) is 19.7 Å². The van der Waals surface area contributed by atoms with Gasteiger partial charge in [-0.3, -0.25) is 15.2 Å². The van der Waals surface area contributed by atoms with Crippen LogP contribution in [0.5, 0.6) is 0 Å². The van der Waals surface area contributed by atoms with E-state index < -0.39 is 0 Å². The lowest BCUT2D eigenvalue weighted by Gasteiger charge is -2.14. The third-order valence-corrected chi connectivity index (χ3v) is 6.41. The highest BCUT2D eigenvalue weighted by atomic mass is 16.5. The zero-order valence-corrected chi connectivity index (χ0v) is 21.1. The van der Waals surface area contributed by atoms with E-state index in [1.54, 1.807) is 32.7 Å². The van der Waals surface area contributed by atoms with Crippen molar-refractivity contribution in [1.29, 1.82) is 0 Å². The minimum atomic E-state index is -0.328. The zero-order valence-electron chi connectivity index (χ0n) is 21.1. The van der Waals surface area contributed by atoms with Gasteiger partial charge >= 0.3 is 6.03 Å². The van der Waals surface area contributed by atoms with E-state index in [1.807, 2.05) is 31.3 Å². The van der Waals surface area contributed by atoms with Crippen LogP contribution in [0.3, 0.4) is 0 Å². The molecule has 1 aliphatic heterocycles. The summed E-state index contributed by atoms with van der Waals surface area (Å²) in [5.41, 5.74) is 5.03. The van der Waals surface area contributed by atoms with Crippen molar-refractivity contribution in [2.75, 3.05) is 39.2 Å². The molecule has 3 aromatic heterocycles. The fraction of sp³-hybridized carbons (Fsp3) is 0.346. The van der Waals surface area contributed by atoms with Crippen LogP contribution in [0.1, 0.15) is 12.6 Å². The molecule has 11 heteroatoms. The van der Waals surface area contributed by atoms with Crippen molar-refractivity contribution in [3.8, 4) is 22.5 Å². The fourth-order valence-electron chi connectivity index (χ4n) is 4.58. The fourth-order valence-corrected chi connectivity index (χ4v) is 4.58. The second-order valence-corrected chi connectivity index (χ2v) is 8.84. The topological polar surface area (TPSA) is 130 Å². The average Bonchev–Trinajstić information content (AvgIpc) is 3.51. The number of ether oxygens (including phenoxy) is 2. The van der Waals surface area contributed by atoms with Crippen molar-refractivity contribution >= 4 is 23.0 Å². The number of urea groups is 1. The third kappa shape index (κ3) is 5.43. The van der Waals surface area contributed by atoms with Gasteiger partial charge in [-0.05, 0) is 36.8 Å². The third-order valence-electron chi connectivity index (χ3n) is 6.41. The van der Waals surface area contributed by atoms with E-state index in [0.29, 0.717) is 23.8 Å². The number of amides is 2. The number of anilines is 1. The minimum Gasteiger partial charge on any atom is -0.377 e. The number of rotatable bonds is 8. The van der Waals surface area contributed by atoms with Gasteiger partial charge in [0.1, 0.15) is 0 Å². The van der Waals surface area contributed by atoms with Crippen molar-refractivity contribution in [2.24, 2.45) is 0 Å². The lowest BCUT2D eigenvalue weighted by molar-refractivity contribution is -0.00461. The number of nitrogens with one attached hydrogen (secondary N) is 3. The van der Waals surface area contributed by atoms with Crippen LogP contribution in [0, 0.1) is 0 Å². The maximum absolute atomic E-state index is 12.0. The highest BCUT2D eigenvalue weighted by Gasteiger charge is 2.32. The van der Waals surface area contributed by atoms with Crippen molar-refractivity contribution in [3.63, 3.8) is 0 Å². The van der Waals surface area contributed by atoms with Gasteiger partial charge in [-0.15, -0.1) is 0 Å². The number of pyridine rings is 1. The molecular formula is C26H30N8O3. The van der Waals surface area contributed by atoms with Crippen LogP contribution >= 0.6 is 0 Å². The molecule has 0 spiro atoms. The number of nitrogens with zero attached hydrogens (tertiary/aromatic N) is 5. The quantitative estimate of drug-likeness (QED) is 0.335. The molecule has 0 unspecified atom stereocenters. The van der Waals surface area contributed by atoms with E-state index >= 15 is 0 Å². The molecule has 1 aromatic carbocycles. The molecule has 192 valence electrons. The Morgan fingerprint density at radius 1 is 1.08 bits per heavy atom. The molecule has 0 bridgehead atoms. The van der Waals surface area contributed by atoms with Crippen LogP contribution in [-0.2, 0) is 16.0 Å². The number of hydrogen-bond donors (Lipinski definition) is 3. The van der Waals surface area contributed by atoms with Crippen LogP contribution in [0.2, 0.25) is 0 Å². The number of hydrogen-bond acceptors (Lipinski definition) is 8. The number of imidazole rings is 1. The van der Waals surface area contributed by atoms with E-state index in [1.165, 1.54) is 0 Å². The number of benzene rings is 1. The monoisotopic (exact) mass is 502 g/mol. The van der Waals surface area contributed by atoms with Gasteiger partial charge in [0.05, 0.1) is 28.9 Å². The van der Waals surface area contributed by atoms with Gasteiger partial charge in [-0.1, -0.05) is 6.07 Å². The minimum absolute atomic E-state index is 0.0657. The summed E-state index contributed by atoms with van der Waals surface area (Å²) in [6.07, 6.45) is 5.39. The Balaban J connectivity index is 1.43. The number of carbonyl (C=O) groups excluding carboxylic acids is 1. The summed E-state index contributed by atoms with van der Waals surface area (Å²) in [5, 5.41) is 5.44. The van der Waals surface area contributed by atoms with Gasteiger partial charge in [0, 0.05) is 70.1 Å². The summed E-state index contributed by atoms with van der Waals surface area (Å²) < 4.78 is 11.1. The van der Waals surface area contributed by atoms with E-state index in [4.69, 9.17) is 14.5 Å². The maximum atomic E-state index is 12.0. The van der Waals surface area contributed by atoms with Gasteiger partial charge in [0.15, 0.2) is 5.82 Å². The number of methoxy groups -OCH3 is 2. The van der Waals surface area contributed by atoms with Crippen molar-refractivity contribution in [1.82, 2.24) is 35.1 Å². The molecule has 1 aliphatic rings. The molecule has 0 aliphatic carbocycles. The first-order valence-corrected chi connectivity index (χ1v) is 12.2. The lowest BCUT2D eigenvalue weighted by Crippen LogP contribution is -2.28. The Morgan fingerprint density at radius 3 is 2.49 bits per heavy atom. The van der Waals surface area contributed by atoms with Crippen LogP contribution < -0.4 is 10.6 Å². The van der Waals surface area contributed by atoms with Gasteiger partial charge in [0.25, 0.3) is 0 Å². The predicted octanol–water partition coefficient (Wildman–Crippen LogP) is 3.07. The van der Waals surface area contributed by atoms with Crippen LogP contribution in [0.25, 0.3) is 33.5 Å². The van der Waals surface area contributed by atoms with Gasteiger partial charge in [0.2, 0.25) is 5.95 Å². The first kappa shape index (κ1) is 24.8. The molecule has 1 saturated heterocycles. The zero-order chi connectivity index (χ0) is 25.8. The Kier molecular flexibility index (Phi) is 7.35. The molecular weight excluding hydrogens is 472 g/mol. The van der Waals surface area contributed by atoms with Gasteiger partial charge in [-0.2, -0.15) is 0 Å². The van der Waals surface area contributed by atoms with E-state index in [2.05, 4.69) is 41.5 Å². The molecule has 11 nitrogen and oxygen atoms in total. The summed E-state index contributed by atoms with van der Waals surface area (Å²) in [4.78, 5) is 35.7. The van der Waals surface area contributed by atoms with Gasteiger partial charge < -0.3 is 19.8 Å². The van der Waals surface area contributed by atoms with Crippen LogP contribution in [0.15, 0.2) is 48.9 Å². The SMILES string of the molecule is CCNC(=O)Nc1nc2cc(-c3ccc(CN4C[C@@H](OC)[C@H](OC)C4)nc3)cc(-c3ncccn3)c2[nH]1. The molecule has 4 heterocycles. The number of likely N-dealkylation sites (tertiary alicyclic amines) is 1. The number of aromatic amines is 1. The summed E-state index contributed by atoms with van der Waals surface area (Å²) >= 11 is 0. The summed E-state index contributed by atoms with van der Waals surface area (Å²) in [5.74, 6) is 0.902. The van der Waals surface area contributed by atoms with Crippen molar-refractivity contribution in [3.05, 3.63) is 54.6 Å². The second-order valence-electron chi connectivity index (χ2n) is 8.84. The smallest absolute Gasteiger partial charge is 0.321 e. The molecule has 2 amide bonds. The average molecular weight is 503 g/mol. The van der Waals surface area contributed by atoms with Crippen molar-refractivity contribution in [2.45, 2.75) is 25.7 Å². The first-order valence-electron chi connectivity index (χ1n) is 12.2. The van der Waals surface area contributed by atoms with E-state index in [-0.39, 0.29) is 18.2 Å². The number of carbonyl (C=O) groups is 1. The molecule has 37 heavy (non-hydrogen) atoms. The Bertz CT molecular complexity index is 1350. The highest BCUT2D eigenvalue weighted by Crippen LogP contribution is 2.32. The Morgan fingerprint density at radius 2 is 1.84 bits per heavy atom. The Hall–Kier alpha value is -3.93. The summed E-state index contributed by atoms with van der Waals surface area (Å²) in [6.45, 7) is 4.70. The Labute approximate surface area is 214 Å². The summed E-state index contributed by atoms with van der Waals surface area (Å²) in [7, 11) is 3.44.